The number of rotatable bonds is 4. The van der Waals surface area contributed by atoms with Gasteiger partial charge in [0.05, 0.1) is 0 Å². The zero-order valence-corrected chi connectivity index (χ0v) is 11.0. The van der Waals surface area contributed by atoms with Gasteiger partial charge in [-0.2, -0.15) is 0 Å². The van der Waals surface area contributed by atoms with E-state index in [-0.39, 0.29) is 6.17 Å². The first-order valence-corrected chi connectivity index (χ1v) is 6.87. The smallest absolute Gasteiger partial charge is 0.126 e. The summed E-state index contributed by atoms with van der Waals surface area (Å²) in [4.78, 5) is 5.81. The van der Waals surface area contributed by atoms with E-state index in [4.69, 9.17) is 0 Å². The molecular weight excluding hydrogens is 228 g/mol. The van der Waals surface area contributed by atoms with Crippen LogP contribution in [0.1, 0.15) is 25.1 Å². The average Bonchev–Trinajstić information content (AvgIpc) is 2.38. The van der Waals surface area contributed by atoms with Gasteiger partial charge in [0.1, 0.15) is 6.17 Å². The molecule has 1 aliphatic heterocycles. The van der Waals surface area contributed by atoms with E-state index in [2.05, 4.69) is 48.1 Å². The van der Waals surface area contributed by atoms with Crippen molar-refractivity contribution in [3.63, 3.8) is 0 Å². The molecule has 0 radical (unpaired) electrons. The summed E-state index contributed by atoms with van der Waals surface area (Å²) in [5.74, 6) is 0.966. The zero-order chi connectivity index (χ0) is 12.1. The molecule has 1 unspecified atom stereocenters. The lowest BCUT2D eigenvalue weighted by molar-refractivity contribution is 0.540. The van der Waals surface area contributed by atoms with E-state index in [1.54, 1.807) is 0 Å². The maximum Gasteiger partial charge on any atom is 0.126 e. The molecule has 1 atom stereocenters. The van der Waals surface area contributed by atoms with Gasteiger partial charge in [0.2, 0.25) is 0 Å². The number of thioether (sulfide) groups is 1. The fourth-order valence-corrected chi connectivity index (χ4v) is 2.67. The van der Waals surface area contributed by atoms with E-state index in [0.717, 1.165) is 18.7 Å². The number of nitrogens with one attached hydrogen (secondary N) is 1. The van der Waals surface area contributed by atoms with Crippen LogP contribution in [0.4, 0.5) is 0 Å². The molecule has 1 N–H and O–H groups in total. The molecule has 0 amide bonds. The number of benzene rings is 1. The maximum absolute atomic E-state index is 4.52. The van der Waals surface area contributed by atoms with E-state index in [1.165, 1.54) is 16.0 Å². The molecule has 0 aromatic heterocycles. The second-order valence-electron chi connectivity index (χ2n) is 4.26. The minimum absolute atomic E-state index is 0.123. The van der Waals surface area contributed by atoms with Gasteiger partial charge in [0.15, 0.2) is 0 Å². The van der Waals surface area contributed by atoms with Crippen LogP contribution in [-0.4, -0.2) is 18.5 Å². The molecule has 1 heterocycles. The monoisotopic (exact) mass is 246 g/mol. The minimum Gasteiger partial charge on any atom is -0.292 e. The average molecular weight is 246 g/mol. The van der Waals surface area contributed by atoms with E-state index < -0.39 is 0 Å². The van der Waals surface area contributed by atoms with E-state index in [0.29, 0.717) is 0 Å². The highest BCUT2D eigenvalue weighted by atomic mass is 32.2. The van der Waals surface area contributed by atoms with Gasteiger partial charge in [0.25, 0.3) is 0 Å². The third kappa shape index (κ3) is 3.45. The van der Waals surface area contributed by atoms with Gasteiger partial charge in [-0.1, -0.05) is 30.4 Å². The van der Waals surface area contributed by atoms with Crippen LogP contribution in [0, 0.1) is 0 Å². The molecule has 2 rings (SSSR count). The molecule has 1 aromatic rings. The van der Waals surface area contributed by atoms with E-state index in [1.807, 2.05) is 18.0 Å². The van der Waals surface area contributed by atoms with Gasteiger partial charge in [-0.25, -0.2) is 0 Å². The zero-order valence-electron chi connectivity index (χ0n) is 10.1. The Hall–Kier alpha value is -1.06. The summed E-state index contributed by atoms with van der Waals surface area (Å²) in [6.45, 7) is 7.02. The Morgan fingerprint density at radius 3 is 3.06 bits per heavy atom. The second-order valence-corrected chi connectivity index (χ2v) is 5.28. The maximum atomic E-state index is 4.52. The van der Waals surface area contributed by atoms with E-state index >= 15 is 0 Å². The molecule has 0 saturated heterocycles. The van der Waals surface area contributed by atoms with Crippen LogP contribution in [-0.2, 0) is 0 Å². The van der Waals surface area contributed by atoms with Crippen molar-refractivity contribution >= 4 is 18.0 Å². The highest BCUT2D eigenvalue weighted by Crippen LogP contribution is 2.29. The van der Waals surface area contributed by atoms with Crippen molar-refractivity contribution in [3.8, 4) is 0 Å². The summed E-state index contributed by atoms with van der Waals surface area (Å²) in [6.07, 6.45) is 3.16. The Kier molecular flexibility index (Phi) is 4.40. The molecule has 17 heavy (non-hydrogen) atoms. The van der Waals surface area contributed by atoms with Crippen LogP contribution < -0.4 is 5.32 Å². The fourth-order valence-electron chi connectivity index (χ4n) is 1.75. The molecular formula is C14H18N2S. The summed E-state index contributed by atoms with van der Waals surface area (Å²) in [5, 5.41) is 3.43. The van der Waals surface area contributed by atoms with Crippen molar-refractivity contribution in [2.45, 2.75) is 24.4 Å². The van der Waals surface area contributed by atoms with Gasteiger partial charge in [-0.05, 0) is 19.4 Å². The molecule has 3 heteroatoms. The van der Waals surface area contributed by atoms with Crippen molar-refractivity contribution in [2.75, 3.05) is 12.3 Å². The highest BCUT2D eigenvalue weighted by molar-refractivity contribution is 7.99. The summed E-state index contributed by atoms with van der Waals surface area (Å²) >= 11 is 1.84. The largest absolute Gasteiger partial charge is 0.292 e. The number of hydrogen-bond acceptors (Lipinski definition) is 3. The van der Waals surface area contributed by atoms with Crippen molar-refractivity contribution in [1.82, 2.24) is 5.32 Å². The molecule has 0 spiro atoms. The highest BCUT2D eigenvalue weighted by Gasteiger charge is 2.14. The van der Waals surface area contributed by atoms with Gasteiger partial charge in [0, 0.05) is 29.0 Å². The normalized spacial score (nSPS) is 19.2. The van der Waals surface area contributed by atoms with Crippen molar-refractivity contribution in [1.29, 1.82) is 0 Å². The standard InChI is InChI=1S/C14H18N2S/c1-11(2)10-17-13-7-4-3-6-12(13)14-15-8-5-9-16-14/h3-4,6-8,14,16H,1,5,9-10H2,2H3. The van der Waals surface area contributed by atoms with Crippen LogP contribution >= 0.6 is 11.8 Å². The number of hydrogen-bond donors (Lipinski definition) is 1. The van der Waals surface area contributed by atoms with Crippen LogP contribution in [0.15, 0.2) is 46.3 Å². The number of aliphatic imine (C=N–C) groups is 1. The molecule has 0 aliphatic carbocycles. The summed E-state index contributed by atoms with van der Waals surface area (Å²) in [5.41, 5.74) is 2.47. The third-order valence-corrected chi connectivity index (χ3v) is 3.87. The molecule has 90 valence electrons. The lowest BCUT2D eigenvalue weighted by Gasteiger charge is -2.20. The predicted octanol–water partition coefficient (Wildman–Crippen LogP) is 3.42. The SMILES string of the molecule is C=C(C)CSc1ccccc1C1N=CCCN1. The Morgan fingerprint density at radius 2 is 2.35 bits per heavy atom. The molecule has 2 nitrogen and oxygen atoms in total. The molecule has 0 fully saturated rings. The Labute approximate surface area is 107 Å². The van der Waals surface area contributed by atoms with Crippen LogP contribution in [0.25, 0.3) is 0 Å². The molecule has 1 aromatic carbocycles. The number of nitrogens with zero attached hydrogens (tertiary/aromatic N) is 1. The van der Waals surface area contributed by atoms with Crippen molar-refractivity contribution in [2.24, 2.45) is 4.99 Å². The molecule has 1 aliphatic rings. The van der Waals surface area contributed by atoms with Crippen LogP contribution in [0.5, 0.6) is 0 Å². The van der Waals surface area contributed by atoms with Gasteiger partial charge >= 0.3 is 0 Å². The fraction of sp³-hybridized carbons (Fsp3) is 0.357. The first kappa shape index (κ1) is 12.4. The Bertz CT molecular complexity index is 426. The first-order valence-electron chi connectivity index (χ1n) is 5.88. The first-order chi connectivity index (χ1) is 8.27. The Morgan fingerprint density at radius 1 is 1.53 bits per heavy atom. The van der Waals surface area contributed by atoms with Gasteiger partial charge in [-0.15, -0.1) is 11.8 Å². The minimum atomic E-state index is 0.123. The second kappa shape index (κ2) is 6.03. The van der Waals surface area contributed by atoms with Crippen LogP contribution in [0.2, 0.25) is 0 Å². The van der Waals surface area contributed by atoms with Crippen molar-refractivity contribution in [3.05, 3.63) is 42.0 Å². The summed E-state index contributed by atoms with van der Waals surface area (Å²) in [6, 6.07) is 8.47. The lowest BCUT2D eigenvalue weighted by atomic mass is 10.1. The van der Waals surface area contributed by atoms with Crippen molar-refractivity contribution < 1.29 is 0 Å². The topological polar surface area (TPSA) is 24.4 Å². The van der Waals surface area contributed by atoms with Crippen LogP contribution in [0.3, 0.4) is 0 Å². The lowest BCUT2D eigenvalue weighted by Crippen LogP contribution is -2.25. The van der Waals surface area contributed by atoms with Gasteiger partial charge in [-0.3, -0.25) is 10.3 Å². The summed E-state index contributed by atoms with van der Waals surface area (Å²) < 4.78 is 0. The molecule has 0 bridgehead atoms. The van der Waals surface area contributed by atoms with E-state index in [9.17, 15) is 0 Å². The summed E-state index contributed by atoms with van der Waals surface area (Å²) in [7, 11) is 0. The third-order valence-electron chi connectivity index (χ3n) is 2.55. The Balaban J connectivity index is 2.17. The predicted molar refractivity (Wildman–Crippen MR) is 75.8 cm³/mol. The molecule has 0 saturated carbocycles. The van der Waals surface area contributed by atoms with Gasteiger partial charge < -0.3 is 0 Å². The quantitative estimate of drug-likeness (QED) is 0.650.